The van der Waals surface area contributed by atoms with Crippen molar-refractivity contribution in [2.75, 3.05) is 24.5 Å². The fourth-order valence-electron chi connectivity index (χ4n) is 4.19. The maximum Gasteiger partial charge on any atom is 0.264 e. The number of hydrogen-bond acceptors (Lipinski definition) is 6. The first-order valence-electron chi connectivity index (χ1n) is 10.8. The summed E-state index contributed by atoms with van der Waals surface area (Å²) < 4.78 is 0. The molecule has 3 amide bonds. The Balaban J connectivity index is 1.55. The predicted molar refractivity (Wildman–Crippen MR) is 120 cm³/mol. The third-order valence-electron chi connectivity index (χ3n) is 5.75. The van der Waals surface area contributed by atoms with E-state index >= 15 is 0 Å². The Morgan fingerprint density at radius 1 is 1.29 bits per heavy atom. The van der Waals surface area contributed by atoms with Gasteiger partial charge in [-0.25, -0.2) is 4.98 Å². The van der Waals surface area contributed by atoms with Gasteiger partial charge >= 0.3 is 0 Å². The number of hydrogen-bond donors (Lipinski definition) is 1. The van der Waals surface area contributed by atoms with Crippen LogP contribution in [-0.4, -0.2) is 47.2 Å². The van der Waals surface area contributed by atoms with Crippen LogP contribution in [0.1, 0.15) is 58.1 Å². The van der Waals surface area contributed by atoms with E-state index in [2.05, 4.69) is 29.0 Å². The van der Waals surface area contributed by atoms with Gasteiger partial charge < -0.3 is 10.2 Å². The van der Waals surface area contributed by atoms with Gasteiger partial charge in [-0.1, -0.05) is 19.9 Å². The summed E-state index contributed by atoms with van der Waals surface area (Å²) in [6, 6.07) is 5.41. The predicted octanol–water partition coefficient (Wildman–Crippen LogP) is 3.24. The molecule has 8 heteroatoms. The number of nitrogens with zero attached hydrogens (tertiary/aromatic N) is 3. The van der Waals surface area contributed by atoms with Crippen LogP contribution >= 0.6 is 11.3 Å². The van der Waals surface area contributed by atoms with Gasteiger partial charge in [-0.3, -0.25) is 19.3 Å². The highest BCUT2D eigenvalue weighted by molar-refractivity contribution is 7.09. The van der Waals surface area contributed by atoms with Crippen LogP contribution in [0, 0.1) is 18.8 Å². The third kappa shape index (κ3) is 4.35. The van der Waals surface area contributed by atoms with Crippen LogP contribution in [0.2, 0.25) is 0 Å². The monoisotopic (exact) mass is 440 g/mol. The molecule has 7 nitrogen and oxygen atoms in total. The summed E-state index contributed by atoms with van der Waals surface area (Å²) in [6.45, 7) is 8.19. The number of piperidine rings is 1. The Kier molecular flexibility index (Phi) is 6.09. The molecular formula is C23H28N4O3S. The SMILES string of the molecule is Cc1csc(CN2C(=O)c3cccc(N4CCCC(C(=O)NCC(C)C)C4)c3C2=O)n1. The zero-order chi connectivity index (χ0) is 22.1. The quantitative estimate of drug-likeness (QED) is 0.698. The molecule has 31 heavy (non-hydrogen) atoms. The Hall–Kier alpha value is -2.74. The molecule has 2 aliphatic heterocycles. The summed E-state index contributed by atoms with van der Waals surface area (Å²) in [5, 5.41) is 5.69. The minimum Gasteiger partial charge on any atom is -0.370 e. The molecule has 3 heterocycles. The summed E-state index contributed by atoms with van der Waals surface area (Å²) in [7, 11) is 0. The van der Waals surface area contributed by atoms with Gasteiger partial charge in [-0.15, -0.1) is 11.3 Å². The molecular weight excluding hydrogens is 412 g/mol. The molecule has 1 atom stereocenters. The number of benzene rings is 1. The number of thiazole rings is 1. The zero-order valence-electron chi connectivity index (χ0n) is 18.2. The number of carbonyl (C=O) groups excluding carboxylic acids is 3. The first-order valence-corrected chi connectivity index (χ1v) is 11.7. The summed E-state index contributed by atoms with van der Waals surface area (Å²) in [6.07, 6.45) is 1.70. The highest BCUT2D eigenvalue weighted by atomic mass is 32.1. The van der Waals surface area contributed by atoms with E-state index < -0.39 is 0 Å². The van der Waals surface area contributed by atoms with Gasteiger partial charge in [-0.2, -0.15) is 0 Å². The van der Waals surface area contributed by atoms with Crippen molar-refractivity contribution in [1.29, 1.82) is 0 Å². The number of fused-ring (bicyclic) bond motifs is 1. The van der Waals surface area contributed by atoms with E-state index in [0.29, 0.717) is 30.1 Å². The van der Waals surface area contributed by atoms with Crippen LogP contribution in [-0.2, 0) is 11.3 Å². The van der Waals surface area contributed by atoms with E-state index in [1.807, 2.05) is 24.4 Å². The van der Waals surface area contributed by atoms with E-state index in [-0.39, 0.29) is 30.2 Å². The van der Waals surface area contributed by atoms with Crippen LogP contribution in [0.4, 0.5) is 5.69 Å². The minimum absolute atomic E-state index is 0.0640. The molecule has 1 N–H and O–H groups in total. The molecule has 1 aromatic heterocycles. The number of carbonyl (C=O) groups is 3. The van der Waals surface area contributed by atoms with Crippen molar-refractivity contribution >= 4 is 34.7 Å². The second kappa shape index (κ2) is 8.78. The number of anilines is 1. The van der Waals surface area contributed by atoms with E-state index in [1.54, 1.807) is 6.07 Å². The topological polar surface area (TPSA) is 82.6 Å². The molecule has 0 aliphatic carbocycles. The second-order valence-corrected chi connectivity index (χ2v) is 9.65. The van der Waals surface area contributed by atoms with Gasteiger partial charge in [0.1, 0.15) is 5.01 Å². The molecule has 1 fully saturated rings. The number of rotatable bonds is 6. The van der Waals surface area contributed by atoms with E-state index in [9.17, 15) is 14.4 Å². The smallest absolute Gasteiger partial charge is 0.264 e. The summed E-state index contributed by atoms with van der Waals surface area (Å²) in [5.41, 5.74) is 2.51. The molecule has 0 bridgehead atoms. The first kappa shape index (κ1) is 21.5. The lowest BCUT2D eigenvalue weighted by molar-refractivity contribution is -0.125. The van der Waals surface area contributed by atoms with E-state index in [1.165, 1.54) is 16.2 Å². The van der Waals surface area contributed by atoms with Crippen LogP contribution < -0.4 is 10.2 Å². The average molecular weight is 441 g/mol. The van der Waals surface area contributed by atoms with Gasteiger partial charge in [0.25, 0.3) is 11.8 Å². The second-order valence-electron chi connectivity index (χ2n) is 8.70. The van der Waals surface area contributed by atoms with Gasteiger partial charge in [0.15, 0.2) is 0 Å². The first-order chi connectivity index (χ1) is 14.8. The molecule has 4 rings (SSSR count). The van der Waals surface area contributed by atoms with Crippen molar-refractivity contribution in [3.8, 4) is 0 Å². The molecule has 2 aromatic rings. The fourth-order valence-corrected chi connectivity index (χ4v) is 4.95. The lowest BCUT2D eigenvalue weighted by Gasteiger charge is -2.34. The van der Waals surface area contributed by atoms with E-state index in [0.717, 1.165) is 35.8 Å². The van der Waals surface area contributed by atoms with Crippen molar-refractivity contribution in [1.82, 2.24) is 15.2 Å². The van der Waals surface area contributed by atoms with Crippen molar-refractivity contribution in [3.05, 3.63) is 45.4 Å². The van der Waals surface area contributed by atoms with Crippen molar-refractivity contribution in [3.63, 3.8) is 0 Å². The standard InChI is InChI=1S/C23H28N4O3S/c1-14(2)10-24-21(28)16-6-5-9-26(11-16)18-8-4-7-17-20(18)23(30)27(22(17)29)12-19-25-15(3)13-31-19/h4,7-8,13-14,16H,5-6,9-12H2,1-3H3,(H,24,28). The highest BCUT2D eigenvalue weighted by Crippen LogP contribution is 2.35. The van der Waals surface area contributed by atoms with Gasteiger partial charge in [-0.05, 0) is 37.8 Å². The van der Waals surface area contributed by atoms with Crippen LogP contribution in [0.5, 0.6) is 0 Å². The molecule has 0 radical (unpaired) electrons. The zero-order valence-corrected chi connectivity index (χ0v) is 19.0. The molecule has 0 spiro atoms. The van der Waals surface area contributed by atoms with Gasteiger partial charge in [0.05, 0.1) is 29.3 Å². The molecule has 1 unspecified atom stereocenters. The molecule has 1 aromatic carbocycles. The third-order valence-corrected chi connectivity index (χ3v) is 6.71. The molecule has 2 aliphatic rings. The number of amides is 3. The Morgan fingerprint density at radius 3 is 2.81 bits per heavy atom. The number of aromatic nitrogens is 1. The maximum atomic E-state index is 13.3. The molecule has 1 saturated heterocycles. The van der Waals surface area contributed by atoms with Crippen molar-refractivity contribution in [2.45, 2.75) is 40.2 Å². The number of nitrogens with one attached hydrogen (secondary N) is 1. The Morgan fingerprint density at radius 2 is 2.10 bits per heavy atom. The Labute approximate surface area is 186 Å². The fraction of sp³-hybridized carbons (Fsp3) is 0.478. The van der Waals surface area contributed by atoms with Crippen LogP contribution in [0.25, 0.3) is 0 Å². The molecule has 0 saturated carbocycles. The summed E-state index contributed by atoms with van der Waals surface area (Å²) in [4.78, 5) is 46.6. The average Bonchev–Trinajstić information content (AvgIpc) is 3.28. The molecule has 164 valence electrons. The lowest BCUT2D eigenvalue weighted by Crippen LogP contribution is -2.44. The minimum atomic E-state index is -0.283. The van der Waals surface area contributed by atoms with Gasteiger partial charge in [0, 0.05) is 30.7 Å². The Bertz CT molecular complexity index is 1020. The lowest BCUT2D eigenvalue weighted by atomic mass is 9.95. The maximum absolute atomic E-state index is 13.3. The van der Waals surface area contributed by atoms with Crippen molar-refractivity contribution in [2.24, 2.45) is 11.8 Å². The van der Waals surface area contributed by atoms with Crippen molar-refractivity contribution < 1.29 is 14.4 Å². The highest BCUT2D eigenvalue weighted by Gasteiger charge is 2.39. The largest absolute Gasteiger partial charge is 0.370 e. The number of imide groups is 1. The number of aryl methyl sites for hydroxylation is 1. The van der Waals surface area contributed by atoms with Crippen LogP contribution in [0.15, 0.2) is 23.6 Å². The van der Waals surface area contributed by atoms with Gasteiger partial charge in [0.2, 0.25) is 5.91 Å². The normalized spacial score (nSPS) is 18.6. The van der Waals surface area contributed by atoms with E-state index in [4.69, 9.17) is 0 Å². The summed E-state index contributed by atoms with van der Waals surface area (Å²) >= 11 is 1.45. The van der Waals surface area contributed by atoms with Crippen LogP contribution in [0.3, 0.4) is 0 Å². The summed E-state index contributed by atoms with van der Waals surface area (Å²) in [5.74, 6) is -0.218.